The third kappa shape index (κ3) is 5.28. The zero-order valence-corrected chi connectivity index (χ0v) is 19.2. The van der Waals surface area contributed by atoms with E-state index in [0.29, 0.717) is 40.5 Å². The Labute approximate surface area is 183 Å². The number of nitrogens with one attached hydrogen (secondary N) is 1. The lowest BCUT2D eigenvalue weighted by molar-refractivity contribution is 0.0498. The Hall–Kier alpha value is -2.80. The summed E-state index contributed by atoms with van der Waals surface area (Å²) in [5.41, 5.74) is 2.24. The molecule has 3 aromatic rings. The molecule has 0 fully saturated rings. The molecule has 0 saturated carbocycles. The largest absolute Gasteiger partial charge is 0.462 e. The predicted octanol–water partition coefficient (Wildman–Crippen LogP) is 6.01. The van der Waals surface area contributed by atoms with E-state index in [1.54, 1.807) is 37.3 Å². The molecule has 0 amide bonds. The van der Waals surface area contributed by atoms with E-state index in [1.807, 2.05) is 12.1 Å². The number of benzene rings is 2. The van der Waals surface area contributed by atoms with Crippen molar-refractivity contribution in [2.75, 3.05) is 11.3 Å². The second kappa shape index (κ2) is 9.56. The smallest absolute Gasteiger partial charge is 0.342 e. The Morgan fingerprint density at radius 2 is 1.81 bits per heavy atom. The van der Waals surface area contributed by atoms with Gasteiger partial charge in [-0.1, -0.05) is 45.7 Å². The van der Waals surface area contributed by atoms with Gasteiger partial charge in [-0.15, -0.1) is 0 Å². The third-order valence-corrected chi connectivity index (χ3v) is 6.56. The first-order chi connectivity index (χ1) is 14.7. The lowest BCUT2D eigenvalue weighted by Crippen LogP contribution is -2.13. The van der Waals surface area contributed by atoms with Crippen molar-refractivity contribution >= 4 is 32.6 Å². The third-order valence-electron chi connectivity index (χ3n) is 5.16. The van der Waals surface area contributed by atoms with E-state index >= 15 is 0 Å². The number of carbonyl (C=O) groups excluding carboxylic acids is 1. The van der Waals surface area contributed by atoms with Crippen molar-refractivity contribution in [2.24, 2.45) is 0 Å². The van der Waals surface area contributed by atoms with Crippen molar-refractivity contribution < 1.29 is 22.4 Å². The molecule has 7 heteroatoms. The van der Waals surface area contributed by atoms with Crippen LogP contribution in [0.4, 0.5) is 5.69 Å². The molecule has 6 nitrogen and oxygen atoms in total. The molecule has 0 spiro atoms. The number of rotatable bonds is 9. The summed E-state index contributed by atoms with van der Waals surface area (Å²) < 4.78 is 39.3. The van der Waals surface area contributed by atoms with E-state index in [0.717, 1.165) is 24.8 Å². The summed E-state index contributed by atoms with van der Waals surface area (Å²) >= 11 is 0. The van der Waals surface area contributed by atoms with E-state index in [9.17, 15) is 13.2 Å². The molecule has 2 aromatic carbocycles. The van der Waals surface area contributed by atoms with Gasteiger partial charge in [-0.2, -0.15) is 0 Å². The number of carbonyl (C=O) groups is 1. The standard InChI is InChI=1S/C24H29NO5S/c1-5-6-7-14-29-24(26)23-17(4)30-22-13-10-19(15-21(22)23)25-31(27,28)20-11-8-18(9-12-20)16(2)3/h8-13,15-16,25H,5-7,14H2,1-4H3. The number of hydrogen-bond donors (Lipinski definition) is 1. The van der Waals surface area contributed by atoms with Crippen molar-refractivity contribution in [1.82, 2.24) is 0 Å². The highest BCUT2D eigenvalue weighted by Gasteiger charge is 2.21. The average Bonchev–Trinajstić information content (AvgIpc) is 3.06. The van der Waals surface area contributed by atoms with Crippen LogP contribution >= 0.6 is 0 Å². The Morgan fingerprint density at radius 1 is 1.10 bits per heavy atom. The van der Waals surface area contributed by atoms with Gasteiger partial charge in [-0.05, 0) is 55.2 Å². The lowest BCUT2D eigenvalue weighted by Gasteiger charge is -2.10. The fourth-order valence-electron chi connectivity index (χ4n) is 3.37. The number of aryl methyl sites for hydroxylation is 1. The molecule has 1 N–H and O–H groups in total. The zero-order chi connectivity index (χ0) is 22.6. The predicted molar refractivity (Wildman–Crippen MR) is 122 cm³/mol. The minimum atomic E-state index is -3.77. The van der Waals surface area contributed by atoms with E-state index in [2.05, 4.69) is 25.5 Å². The maximum Gasteiger partial charge on any atom is 0.342 e. The van der Waals surface area contributed by atoms with Crippen LogP contribution in [0.5, 0.6) is 0 Å². The molecule has 166 valence electrons. The molecule has 0 aliphatic carbocycles. The summed E-state index contributed by atoms with van der Waals surface area (Å²) in [6.07, 6.45) is 2.83. The van der Waals surface area contributed by atoms with Crippen molar-refractivity contribution in [1.29, 1.82) is 0 Å². The van der Waals surface area contributed by atoms with Crippen molar-refractivity contribution in [3.63, 3.8) is 0 Å². The SMILES string of the molecule is CCCCCOC(=O)c1c(C)oc2ccc(NS(=O)(=O)c3ccc(C(C)C)cc3)cc12. The number of anilines is 1. The number of furan rings is 1. The second-order valence-electron chi connectivity index (χ2n) is 7.92. The van der Waals surface area contributed by atoms with Crippen LogP contribution in [0.1, 0.15) is 67.6 Å². The quantitative estimate of drug-likeness (QED) is 0.323. The summed E-state index contributed by atoms with van der Waals surface area (Å²) in [4.78, 5) is 12.8. The van der Waals surface area contributed by atoms with Gasteiger partial charge < -0.3 is 9.15 Å². The maximum absolute atomic E-state index is 12.8. The molecule has 31 heavy (non-hydrogen) atoms. The number of unbranched alkanes of at least 4 members (excludes halogenated alkanes) is 2. The molecule has 1 aromatic heterocycles. The number of sulfonamides is 1. The highest BCUT2D eigenvalue weighted by Crippen LogP contribution is 2.30. The first-order valence-electron chi connectivity index (χ1n) is 10.6. The minimum absolute atomic E-state index is 0.177. The molecule has 0 radical (unpaired) electrons. The summed E-state index contributed by atoms with van der Waals surface area (Å²) in [7, 11) is -3.77. The fourth-order valence-corrected chi connectivity index (χ4v) is 4.42. The molecule has 3 rings (SSSR count). The molecule has 1 heterocycles. The topological polar surface area (TPSA) is 85.6 Å². The van der Waals surface area contributed by atoms with Crippen molar-refractivity contribution in [3.05, 3.63) is 59.4 Å². The molecule has 0 aliphatic heterocycles. The number of fused-ring (bicyclic) bond motifs is 1. The fraction of sp³-hybridized carbons (Fsp3) is 0.375. The van der Waals surface area contributed by atoms with Crippen LogP contribution in [0.2, 0.25) is 0 Å². The zero-order valence-electron chi connectivity index (χ0n) is 18.4. The van der Waals surface area contributed by atoms with Gasteiger partial charge >= 0.3 is 5.97 Å². The first kappa shape index (κ1) is 22.9. The monoisotopic (exact) mass is 443 g/mol. The highest BCUT2D eigenvalue weighted by molar-refractivity contribution is 7.92. The van der Waals surface area contributed by atoms with Gasteiger partial charge in [0.05, 0.1) is 11.5 Å². The molecule has 0 aliphatic rings. The summed E-state index contributed by atoms with van der Waals surface area (Å²) in [6.45, 7) is 8.23. The van der Waals surface area contributed by atoms with Crippen LogP contribution < -0.4 is 4.72 Å². The molecule has 0 unspecified atom stereocenters. The molecular weight excluding hydrogens is 414 g/mol. The van der Waals surface area contributed by atoms with E-state index in [4.69, 9.17) is 9.15 Å². The Morgan fingerprint density at radius 3 is 2.45 bits per heavy atom. The Bertz CT molecular complexity index is 1160. The molecule has 0 atom stereocenters. The van der Waals surface area contributed by atoms with Crippen LogP contribution in [0.25, 0.3) is 11.0 Å². The van der Waals surface area contributed by atoms with E-state index in [1.165, 1.54) is 0 Å². The van der Waals surface area contributed by atoms with Gasteiger partial charge in [0.25, 0.3) is 10.0 Å². The van der Waals surface area contributed by atoms with Crippen molar-refractivity contribution in [3.8, 4) is 0 Å². The number of ether oxygens (including phenoxy) is 1. The summed E-state index contributed by atoms with van der Waals surface area (Å²) in [5, 5.41) is 0.522. The van der Waals surface area contributed by atoms with E-state index in [-0.39, 0.29) is 4.90 Å². The first-order valence-corrected chi connectivity index (χ1v) is 12.0. The van der Waals surface area contributed by atoms with Crippen LogP contribution in [0.15, 0.2) is 51.8 Å². The Balaban J connectivity index is 1.85. The van der Waals surface area contributed by atoms with Gasteiger partial charge in [0.1, 0.15) is 16.9 Å². The molecular formula is C24H29NO5S. The normalized spacial score (nSPS) is 11.8. The van der Waals surface area contributed by atoms with Gasteiger partial charge in [0, 0.05) is 11.1 Å². The van der Waals surface area contributed by atoms with Crippen LogP contribution in [0, 0.1) is 6.92 Å². The molecule has 0 bridgehead atoms. The summed E-state index contributed by atoms with van der Waals surface area (Å²) in [6, 6.07) is 11.7. The van der Waals surface area contributed by atoms with Crippen molar-refractivity contribution in [2.45, 2.75) is 57.8 Å². The van der Waals surface area contributed by atoms with E-state index < -0.39 is 16.0 Å². The Kier molecular flexibility index (Phi) is 7.05. The van der Waals surface area contributed by atoms with Crippen LogP contribution in [0.3, 0.4) is 0 Å². The number of hydrogen-bond acceptors (Lipinski definition) is 5. The highest BCUT2D eigenvalue weighted by atomic mass is 32.2. The minimum Gasteiger partial charge on any atom is -0.462 e. The molecule has 0 saturated heterocycles. The van der Waals surface area contributed by atoms with Gasteiger partial charge in [0.2, 0.25) is 0 Å². The van der Waals surface area contributed by atoms with Gasteiger partial charge in [0.15, 0.2) is 0 Å². The average molecular weight is 444 g/mol. The van der Waals surface area contributed by atoms with Crippen LogP contribution in [-0.2, 0) is 14.8 Å². The summed E-state index contributed by atoms with van der Waals surface area (Å²) in [5.74, 6) is 0.299. The van der Waals surface area contributed by atoms with Crippen LogP contribution in [-0.4, -0.2) is 21.0 Å². The van der Waals surface area contributed by atoms with Gasteiger partial charge in [-0.25, -0.2) is 13.2 Å². The lowest BCUT2D eigenvalue weighted by atomic mass is 10.0. The number of esters is 1. The van der Waals surface area contributed by atoms with Gasteiger partial charge in [-0.3, -0.25) is 4.72 Å². The maximum atomic E-state index is 12.8. The second-order valence-corrected chi connectivity index (χ2v) is 9.60.